The van der Waals surface area contributed by atoms with Crippen LogP contribution in [0.15, 0.2) is 18.2 Å². The number of nitrogens with one attached hydrogen (secondary N) is 1. The number of carbonyl (C=O) groups excluding carboxylic acids is 1. The van der Waals surface area contributed by atoms with Crippen molar-refractivity contribution in [1.29, 1.82) is 0 Å². The Bertz CT molecular complexity index is 319. The van der Waals surface area contributed by atoms with Gasteiger partial charge < -0.3 is 14.7 Å². The number of rotatable bonds is 3. The first-order valence-electron chi connectivity index (χ1n) is 3.99. The van der Waals surface area contributed by atoms with Crippen LogP contribution in [-0.2, 0) is 0 Å². The van der Waals surface area contributed by atoms with E-state index in [0.29, 0.717) is 17.1 Å². The first kappa shape index (κ1) is 10.4. The van der Waals surface area contributed by atoms with Gasteiger partial charge in [-0.15, -0.1) is 0 Å². The molecule has 5 heteroatoms. The number of hydrogen-bond donors (Lipinski definition) is 1. The Morgan fingerprint density at radius 2 is 2.00 bits per heavy atom. The first-order chi connectivity index (χ1) is 6.71. The molecule has 1 aromatic rings. The number of hydrogen-bond acceptors (Lipinski definition) is 3. The van der Waals surface area contributed by atoms with Crippen LogP contribution in [0.2, 0.25) is 0 Å². The Labute approximate surface area is 83.7 Å². The highest BCUT2D eigenvalue weighted by molar-refractivity contribution is 6.00. The summed E-state index contributed by atoms with van der Waals surface area (Å²) in [7, 11) is 8.05. The molecule has 0 aliphatic carbocycles. The van der Waals surface area contributed by atoms with E-state index in [1.165, 1.54) is 13.2 Å². The van der Waals surface area contributed by atoms with Crippen LogP contribution in [0.4, 0.5) is 0 Å². The maximum Gasteiger partial charge on any atom is 0.374 e. The maximum atomic E-state index is 11.3. The van der Waals surface area contributed by atoms with Crippen molar-refractivity contribution in [3.63, 3.8) is 0 Å². The van der Waals surface area contributed by atoms with Gasteiger partial charge >= 0.3 is 8.05 Å². The SMILES string of the molecule is [B]Oc1cc(OC)cc(C(=O)NC)c1. The molecule has 0 fully saturated rings. The van der Waals surface area contributed by atoms with Crippen molar-refractivity contribution in [2.75, 3.05) is 14.2 Å². The standard InChI is InChI=1S/C9H10BNO3/c1-11-9(12)6-3-7(13-2)5-8(4-6)14-10/h3-5H,1-2H3,(H,11,12). The van der Waals surface area contributed by atoms with Gasteiger partial charge in [-0.05, 0) is 12.1 Å². The molecule has 0 saturated heterocycles. The van der Waals surface area contributed by atoms with Crippen LogP contribution < -0.4 is 14.7 Å². The molecule has 0 aromatic heterocycles. The van der Waals surface area contributed by atoms with E-state index in [4.69, 9.17) is 12.8 Å². The number of methoxy groups -OCH3 is 1. The van der Waals surface area contributed by atoms with Crippen LogP contribution in [0.25, 0.3) is 0 Å². The predicted octanol–water partition coefficient (Wildman–Crippen LogP) is 0.517. The lowest BCUT2D eigenvalue weighted by atomic mass is 10.2. The van der Waals surface area contributed by atoms with Gasteiger partial charge in [0.25, 0.3) is 5.91 Å². The fourth-order valence-electron chi connectivity index (χ4n) is 1.03. The van der Waals surface area contributed by atoms with E-state index in [1.54, 1.807) is 19.2 Å². The van der Waals surface area contributed by atoms with E-state index in [9.17, 15) is 4.79 Å². The van der Waals surface area contributed by atoms with E-state index in [-0.39, 0.29) is 5.91 Å². The van der Waals surface area contributed by atoms with E-state index in [1.807, 2.05) is 0 Å². The fraction of sp³-hybridized carbons (Fsp3) is 0.222. The Balaban J connectivity index is 3.10. The van der Waals surface area contributed by atoms with Crippen molar-refractivity contribution in [2.45, 2.75) is 0 Å². The molecule has 0 bridgehead atoms. The lowest BCUT2D eigenvalue weighted by molar-refractivity contribution is 0.0962. The minimum Gasteiger partial charge on any atom is -0.568 e. The highest BCUT2D eigenvalue weighted by Gasteiger charge is 2.07. The molecular formula is C9H10BNO3. The summed E-state index contributed by atoms with van der Waals surface area (Å²) >= 11 is 0. The van der Waals surface area contributed by atoms with Gasteiger partial charge in [0.15, 0.2) is 0 Å². The molecule has 0 heterocycles. The zero-order valence-corrected chi connectivity index (χ0v) is 8.03. The number of carbonyl (C=O) groups is 1. The molecule has 4 nitrogen and oxygen atoms in total. The molecule has 0 aliphatic heterocycles. The summed E-state index contributed by atoms with van der Waals surface area (Å²) < 4.78 is 9.51. The van der Waals surface area contributed by atoms with Gasteiger partial charge in [0, 0.05) is 18.7 Å². The predicted molar refractivity (Wildman–Crippen MR) is 52.8 cm³/mol. The minimum atomic E-state index is -0.220. The third-order valence-corrected chi connectivity index (χ3v) is 1.74. The normalized spacial score (nSPS) is 9.29. The highest BCUT2D eigenvalue weighted by Crippen LogP contribution is 2.22. The Morgan fingerprint density at radius 3 is 2.50 bits per heavy atom. The third kappa shape index (κ3) is 2.19. The van der Waals surface area contributed by atoms with E-state index < -0.39 is 0 Å². The zero-order chi connectivity index (χ0) is 10.6. The van der Waals surface area contributed by atoms with Crippen LogP contribution in [-0.4, -0.2) is 28.1 Å². The van der Waals surface area contributed by atoms with Crippen molar-refractivity contribution < 1.29 is 14.2 Å². The van der Waals surface area contributed by atoms with Gasteiger partial charge in [-0.3, -0.25) is 4.79 Å². The molecule has 72 valence electrons. The van der Waals surface area contributed by atoms with Crippen LogP contribution in [0, 0.1) is 0 Å². The summed E-state index contributed by atoms with van der Waals surface area (Å²) in [5.41, 5.74) is 0.437. The molecule has 1 rings (SSSR count). The fourth-order valence-corrected chi connectivity index (χ4v) is 1.03. The summed E-state index contributed by atoms with van der Waals surface area (Å²) in [5.74, 6) is 0.678. The summed E-state index contributed by atoms with van der Waals surface area (Å²) in [5, 5.41) is 2.49. The average Bonchev–Trinajstić information content (AvgIpc) is 2.27. The van der Waals surface area contributed by atoms with Crippen LogP contribution in [0.1, 0.15) is 10.4 Å². The Morgan fingerprint density at radius 1 is 1.36 bits per heavy atom. The summed E-state index contributed by atoms with van der Waals surface area (Å²) in [6, 6.07) is 4.72. The zero-order valence-electron chi connectivity index (χ0n) is 8.03. The quantitative estimate of drug-likeness (QED) is 0.708. The molecule has 0 aliphatic rings. The van der Waals surface area contributed by atoms with Crippen molar-refractivity contribution in [1.82, 2.24) is 5.32 Å². The number of ether oxygens (including phenoxy) is 1. The number of amides is 1. The molecule has 0 saturated carbocycles. The first-order valence-corrected chi connectivity index (χ1v) is 3.99. The van der Waals surface area contributed by atoms with Gasteiger partial charge in [-0.1, -0.05) is 0 Å². The number of benzene rings is 1. The molecule has 0 spiro atoms. The molecule has 0 unspecified atom stereocenters. The molecule has 1 N–H and O–H groups in total. The average molecular weight is 191 g/mol. The lowest BCUT2D eigenvalue weighted by Gasteiger charge is -2.07. The summed E-state index contributed by atoms with van der Waals surface area (Å²) in [6.07, 6.45) is 0. The summed E-state index contributed by atoms with van der Waals surface area (Å²) in [4.78, 5) is 11.3. The second-order valence-electron chi connectivity index (χ2n) is 2.59. The molecule has 14 heavy (non-hydrogen) atoms. The largest absolute Gasteiger partial charge is 0.568 e. The maximum absolute atomic E-state index is 11.3. The van der Waals surface area contributed by atoms with Crippen LogP contribution in [0.5, 0.6) is 11.5 Å². The highest BCUT2D eigenvalue weighted by atomic mass is 16.5. The van der Waals surface area contributed by atoms with E-state index in [2.05, 4.69) is 9.97 Å². The van der Waals surface area contributed by atoms with Gasteiger partial charge in [0.05, 0.1) is 7.11 Å². The monoisotopic (exact) mass is 191 g/mol. The smallest absolute Gasteiger partial charge is 0.374 e. The Kier molecular flexibility index (Phi) is 3.39. The van der Waals surface area contributed by atoms with Crippen molar-refractivity contribution in [3.8, 4) is 11.5 Å². The Hall–Kier alpha value is -1.65. The van der Waals surface area contributed by atoms with Crippen molar-refractivity contribution in [3.05, 3.63) is 23.8 Å². The van der Waals surface area contributed by atoms with Gasteiger partial charge in [-0.2, -0.15) is 0 Å². The third-order valence-electron chi connectivity index (χ3n) is 1.74. The van der Waals surface area contributed by atoms with E-state index in [0.717, 1.165) is 0 Å². The second kappa shape index (κ2) is 4.55. The molecular weight excluding hydrogens is 181 g/mol. The lowest BCUT2D eigenvalue weighted by Crippen LogP contribution is -2.17. The van der Waals surface area contributed by atoms with Crippen LogP contribution >= 0.6 is 0 Å². The van der Waals surface area contributed by atoms with Gasteiger partial charge in [-0.25, -0.2) is 0 Å². The van der Waals surface area contributed by atoms with E-state index >= 15 is 0 Å². The molecule has 1 aromatic carbocycles. The van der Waals surface area contributed by atoms with Crippen molar-refractivity contribution >= 4 is 14.0 Å². The molecule has 2 radical (unpaired) electrons. The van der Waals surface area contributed by atoms with Gasteiger partial charge in [0.1, 0.15) is 11.5 Å². The topological polar surface area (TPSA) is 47.6 Å². The second-order valence-corrected chi connectivity index (χ2v) is 2.59. The minimum absolute atomic E-state index is 0.220. The van der Waals surface area contributed by atoms with Gasteiger partial charge in [0.2, 0.25) is 0 Å². The van der Waals surface area contributed by atoms with Crippen LogP contribution in [0.3, 0.4) is 0 Å². The summed E-state index contributed by atoms with van der Waals surface area (Å²) in [6.45, 7) is 0. The molecule has 1 amide bonds. The molecule has 0 atom stereocenters. The van der Waals surface area contributed by atoms with Crippen molar-refractivity contribution in [2.24, 2.45) is 0 Å².